The van der Waals surface area contributed by atoms with E-state index in [-0.39, 0.29) is 0 Å². The molecule has 68 heavy (non-hydrogen) atoms. The summed E-state index contributed by atoms with van der Waals surface area (Å²) in [5.41, 5.74) is 12.6. The van der Waals surface area contributed by atoms with E-state index in [1.54, 1.807) is 0 Å². The third kappa shape index (κ3) is 6.14. The Hall–Kier alpha value is -9.19. The molecular formula is C63H37N3O2. The lowest BCUT2D eigenvalue weighted by molar-refractivity contribution is 0.669. The van der Waals surface area contributed by atoms with Crippen LogP contribution in [0.4, 0.5) is 0 Å². The van der Waals surface area contributed by atoms with Crippen LogP contribution in [-0.4, -0.2) is 15.0 Å². The molecule has 5 heteroatoms. The molecule has 0 unspecified atom stereocenters. The van der Waals surface area contributed by atoms with Crippen molar-refractivity contribution in [2.24, 2.45) is 0 Å². The molecule has 0 aliphatic rings. The van der Waals surface area contributed by atoms with Crippen LogP contribution in [0.5, 0.6) is 0 Å². The first-order chi connectivity index (χ1) is 33.7. The van der Waals surface area contributed by atoms with Gasteiger partial charge in [0, 0.05) is 38.2 Å². The molecule has 0 aliphatic carbocycles. The molecule has 0 saturated carbocycles. The molecule has 3 aromatic heterocycles. The Kier molecular flexibility index (Phi) is 8.52. The fourth-order valence-electron chi connectivity index (χ4n) is 10.3. The van der Waals surface area contributed by atoms with Crippen LogP contribution in [0.2, 0.25) is 0 Å². The van der Waals surface area contributed by atoms with Gasteiger partial charge in [-0.25, -0.2) is 15.0 Å². The van der Waals surface area contributed by atoms with Gasteiger partial charge in [0.15, 0.2) is 17.5 Å². The average Bonchev–Trinajstić information content (AvgIpc) is 3.99. The summed E-state index contributed by atoms with van der Waals surface area (Å²) in [6.07, 6.45) is 0. The molecule has 316 valence electrons. The number of nitrogens with zero attached hydrogens (tertiary/aromatic N) is 3. The van der Waals surface area contributed by atoms with Crippen molar-refractivity contribution >= 4 is 76.2 Å². The summed E-state index contributed by atoms with van der Waals surface area (Å²) in [6.45, 7) is 0. The van der Waals surface area contributed by atoms with Crippen molar-refractivity contribution in [3.8, 4) is 67.5 Å². The Morgan fingerprint density at radius 2 is 0.618 bits per heavy atom. The number of rotatable bonds is 6. The molecular weight excluding hydrogens is 831 g/mol. The van der Waals surface area contributed by atoms with Gasteiger partial charge in [-0.1, -0.05) is 182 Å². The molecule has 0 bridgehead atoms. The molecule has 0 atom stereocenters. The zero-order valence-electron chi connectivity index (χ0n) is 36.5. The first-order valence-corrected chi connectivity index (χ1v) is 22.9. The van der Waals surface area contributed by atoms with Crippen LogP contribution >= 0.6 is 0 Å². The van der Waals surface area contributed by atoms with Crippen LogP contribution in [0.3, 0.4) is 0 Å². The van der Waals surface area contributed by atoms with Crippen molar-refractivity contribution in [3.63, 3.8) is 0 Å². The van der Waals surface area contributed by atoms with Crippen LogP contribution in [-0.2, 0) is 0 Å². The first kappa shape index (κ1) is 38.1. The molecule has 0 spiro atoms. The lowest BCUT2D eigenvalue weighted by Gasteiger charge is -2.12. The van der Waals surface area contributed by atoms with E-state index in [2.05, 4.69) is 176 Å². The van der Waals surface area contributed by atoms with Crippen molar-refractivity contribution < 1.29 is 8.83 Å². The van der Waals surface area contributed by atoms with Crippen LogP contribution in [0, 0.1) is 0 Å². The maximum Gasteiger partial charge on any atom is 0.164 e. The molecule has 0 saturated heterocycles. The fourth-order valence-corrected chi connectivity index (χ4v) is 10.3. The fraction of sp³-hybridized carbons (Fsp3) is 0. The third-order valence-electron chi connectivity index (χ3n) is 13.5. The van der Waals surface area contributed by atoms with E-state index >= 15 is 0 Å². The van der Waals surface area contributed by atoms with Gasteiger partial charge in [-0.05, 0) is 108 Å². The summed E-state index contributed by atoms with van der Waals surface area (Å²) < 4.78 is 13.2. The summed E-state index contributed by atoms with van der Waals surface area (Å²) in [4.78, 5) is 15.4. The lowest BCUT2D eigenvalue weighted by Crippen LogP contribution is -2.00. The van der Waals surface area contributed by atoms with Gasteiger partial charge < -0.3 is 8.83 Å². The predicted molar refractivity (Wildman–Crippen MR) is 280 cm³/mol. The van der Waals surface area contributed by atoms with E-state index in [9.17, 15) is 0 Å². The maximum atomic E-state index is 6.59. The Bertz CT molecular complexity index is 4270. The van der Waals surface area contributed by atoms with E-state index < -0.39 is 0 Å². The van der Waals surface area contributed by atoms with Gasteiger partial charge in [0.1, 0.15) is 22.3 Å². The summed E-state index contributed by atoms with van der Waals surface area (Å²) >= 11 is 0. The highest BCUT2D eigenvalue weighted by Gasteiger charge is 2.20. The van der Waals surface area contributed by atoms with Gasteiger partial charge in [-0.2, -0.15) is 0 Å². The molecule has 0 N–H and O–H groups in total. The standard InChI is InChI=1S/C63H37N3O2/c1-3-13-38(14-4-1)39-25-27-41(28-26-39)62-64-61(40-15-5-2-6-16-40)65-63(66-62)51-22-12-24-58-60(51)54-37-44(31-34-56(54)68-58)45-21-11-23-57-59(45)53-36-43(30-33-55(53)67-57)42-29-32-50-48-19-8-7-17-46(48)47-18-9-10-20-49(47)52(50)35-42/h1-37H. The first-order valence-electron chi connectivity index (χ1n) is 22.9. The Labute approximate surface area is 390 Å². The lowest BCUT2D eigenvalue weighted by atomic mass is 9.91. The van der Waals surface area contributed by atoms with E-state index in [0.29, 0.717) is 17.5 Å². The maximum absolute atomic E-state index is 6.59. The van der Waals surface area contributed by atoms with E-state index in [0.717, 1.165) is 93.9 Å². The minimum Gasteiger partial charge on any atom is -0.456 e. The van der Waals surface area contributed by atoms with Crippen molar-refractivity contribution in [2.75, 3.05) is 0 Å². The summed E-state index contributed by atoms with van der Waals surface area (Å²) in [6, 6.07) is 78.7. The SMILES string of the molecule is c1ccc(-c2ccc(-c3nc(-c4ccccc4)nc(-c4cccc5oc6ccc(-c7cccc8oc9ccc(-c%10ccc%11c%12ccccc%12c%12ccccc%12c%11c%10)cc9c78)cc6c45)n3)cc2)cc1. The Morgan fingerprint density at radius 1 is 0.221 bits per heavy atom. The van der Waals surface area contributed by atoms with Crippen LogP contribution in [0.25, 0.3) is 144 Å². The molecule has 0 fully saturated rings. The van der Waals surface area contributed by atoms with E-state index in [1.165, 1.54) is 32.3 Å². The monoisotopic (exact) mass is 867 g/mol. The molecule has 0 amide bonds. The predicted octanol–water partition coefficient (Wildman–Crippen LogP) is 17.1. The highest BCUT2D eigenvalue weighted by Crippen LogP contribution is 2.43. The second-order valence-electron chi connectivity index (χ2n) is 17.5. The minimum atomic E-state index is 0.574. The molecule has 5 nitrogen and oxygen atoms in total. The minimum absolute atomic E-state index is 0.574. The molecule has 11 aromatic carbocycles. The van der Waals surface area contributed by atoms with Gasteiger partial charge in [0.2, 0.25) is 0 Å². The number of hydrogen-bond donors (Lipinski definition) is 0. The normalized spacial score (nSPS) is 11.8. The van der Waals surface area contributed by atoms with Crippen LogP contribution < -0.4 is 0 Å². The Morgan fingerprint density at radius 3 is 1.24 bits per heavy atom. The van der Waals surface area contributed by atoms with Crippen molar-refractivity contribution in [3.05, 3.63) is 224 Å². The third-order valence-corrected chi connectivity index (χ3v) is 13.5. The Balaban J connectivity index is 0.910. The second kappa shape index (κ2) is 15.2. The highest BCUT2D eigenvalue weighted by atomic mass is 16.3. The molecule has 14 rings (SSSR count). The van der Waals surface area contributed by atoms with E-state index in [1.807, 2.05) is 48.5 Å². The average molecular weight is 868 g/mol. The number of hydrogen-bond acceptors (Lipinski definition) is 5. The zero-order chi connectivity index (χ0) is 44.7. The van der Waals surface area contributed by atoms with Gasteiger partial charge in [0.05, 0.1) is 0 Å². The molecule has 3 heterocycles. The zero-order valence-corrected chi connectivity index (χ0v) is 36.5. The molecule has 0 radical (unpaired) electrons. The summed E-state index contributed by atoms with van der Waals surface area (Å²) in [5, 5.41) is 11.6. The van der Waals surface area contributed by atoms with Gasteiger partial charge in [0.25, 0.3) is 0 Å². The van der Waals surface area contributed by atoms with Crippen LogP contribution in [0.15, 0.2) is 233 Å². The van der Waals surface area contributed by atoms with Crippen molar-refractivity contribution in [1.29, 1.82) is 0 Å². The quantitative estimate of drug-likeness (QED) is 0.156. The largest absolute Gasteiger partial charge is 0.456 e. The van der Waals surface area contributed by atoms with Gasteiger partial charge in [-0.3, -0.25) is 0 Å². The second-order valence-corrected chi connectivity index (χ2v) is 17.5. The van der Waals surface area contributed by atoms with Gasteiger partial charge >= 0.3 is 0 Å². The molecule has 0 aliphatic heterocycles. The molecule has 14 aromatic rings. The van der Waals surface area contributed by atoms with E-state index in [4.69, 9.17) is 23.8 Å². The number of benzene rings is 11. The number of fused-ring (bicyclic) bond motifs is 12. The van der Waals surface area contributed by atoms with Crippen LogP contribution in [0.1, 0.15) is 0 Å². The topological polar surface area (TPSA) is 65.0 Å². The summed E-state index contributed by atoms with van der Waals surface area (Å²) in [7, 11) is 0. The number of aromatic nitrogens is 3. The number of furan rings is 2. The van der Waals surface area contributed by atoms with Crippen molar-refractivity contribution in [1.82, 2.24) is 15.0 Å². The highest BCUT2D eigenvalue weighted by molar-refractivity contribution is 6.26. The van der Waals surface area contributed by atoms with Crippen molar-refractivity contribution in [2.45, 2.75) is 0 Å². The summed E-state index contributed by atoms with van der Waals surface area (Å²) in [5.74, 6) is 1.78. The van der Waals surface area contributed by atoms with Gasteiger partial charge in [-0.15, -0.1) is 0 Å². The smallest absolute Gasteiger partial charge is 0.164 e.